The van der Waals surface area contributed by atoms with Crippen LogP contribution in [0.4, 0.5) is 0 Å². The van der Waals surface area contributed by atoms with E-state index in [4.69, 9.17) is 5.14 Å². The molecular formula is C23H21N3O3S. The van der Waals surface area contributed by atoms with Crippen LogP contribution in [0.25, 0.3) is 0 Å². The molecule has 1 aliphatic heterocycles. The number of amides is 1. The van der Waals surface area contributed by atoms with Gasteiger partial charge >= 0.3 is 0 Å². The number of carbonyl (C=O) groups is 1. The Morgan fingerprint density at radius 1 is 0.967 bits per heavy atom. The summed E-state index contributed by atoms with van der Waals surface area (Å²) in [6, 6.07) is 23.2. The van der Waals surface area contributed by atoms with Crippen LogP contribution < -0.4 is 5.14 Å². The fraction of sp³-hybridized carbons (Fsp3) is 0.130. The maximum atomic E-state index is 13.3. The zero-order valence-corrected chi connectivity index (χ0v) is 17.2. The summed E-state index contributed by atoms with van der Waals surface area (Å²) >= 11 is 0. The molecule has 0 fully saturated rings. The first kappa shape index (κ1) is 20.0. The quantitative estimate of drug-likeness (QED) is 0.700. The van der Waals surface area contributed by atoms with E-state index in [1.54, 1.807) is 0 Å². The SMILES string of the molecule is Cc1ccc(C2CC(c3ccccc3)=NN2C(=O)c2ccc(S(N)(=O)=O)cc2)cc1. The van der Waals surface area contributed by atoms with Gasteiger partial charge in [-0.2, -0.15) is 5.10 Å². The first-order valence-electron chi connectivity index (χ1n) is 9.49. The number of hydrogen-bond acceptors (Lipinski definition) is 4. The molecule has 3 aromatic carbocycles. The van der Waals surface area contributed by atoms with Gasteiger partial charge in [-0.15, -0.1) is 0 Å². The van der Waals surface area contributed by atoms with Crippen molar-refractivity contribution in [2.75, 3.05) is 0 Å². The number of primary sulfonamides is 1. The van der Waals surface area contributed by atoms with Crippen molar-refractivity contribution in [3.05, 3.63) is 101 Å². The Morgan fingerprint density at radius 2 is 1.60 bits per heavy atom. The molecule has 0 aliphatic carbocycles. The number of hydrazone groups is 1. The molecule has 0 bridgehead atoms. The number of nitrogens with zero attached hydrogens (tertiary/aromatic N) is 2. The van der Waals surface area contributed by atoms with Crippen LogP contribution in [0.1, 0.15) is 39.5 Å². The van der Waals surface area contributed by atoms with E-state index in [1.807, 2.05) is 61.5 Å². The molecule has 1 heterocycles. The zero-order chi connectivity index (χ0) is 21.3. The third-order valence-electron chi connectivity index (χ3n) is 5.12. The van der Waals surface area contributed by atoms with Gasteiger partial charge in [0.05, 0.1) is 16.6 Å². The average molecular weight is 420 g/mol. The molecule has 1 aliphatic rings. The van der Waals surface area contributed by atoms with Gasteiger partial charge in [0.25, 0.3) is 5.91 Å². The molecule has 3 aromatic rings. The number of benzene rings is 3. The van der Waals surface area contributed by atoms with Gasteiger partial charge < -0.3 is 0 Å². The summed E-state index contributed by atoms with van der Waals surface area (Å²) < 4.78 is 23.0. The Balaban J connectivity index is 1.71. The number of rotatable bonds is 4. The monoisotopic (exact) mass is 419 g/mol. The summed E-state index contributed by atoms with van der Waals surface area (Å²) in [5.41, 5.74) is 4.27. The van der Waals surface area contributed by atoms with E-state index in [0.717, 1.165) is 22.4 Å². The zero-order valence-electron chi connectivity index (χ0n) is 16.4. The van der Waals surface area contributed by atoms with Gasteiger partial charge in [-0.3, -0.25) is 4.79 Å². The minimum atomic E-state index is -3.82. The van der Waals surface area contributed by atoms with Crippen LogP contribution >= 0.6 is 0 Å². The number of carbonyl (C=O) groups excluding carboxylic acids is 1. The molecule has 7 heteroatoms. The van der Waals surface area contributed by atoms with Crippen molar-refractivity contribution in [2.24, 2.45) is 10.2 Å². The summed E-state index contributed by atoms with van der Waals surface area (Å²) in [6.45, 7) is 2.01. The van der Waals surface area contributed by atoms with Crippen molar-refractivity contribution >= 4 is 21.6 Å². The molecule has 0 saturated heterocycles. The van der Waals surface area contributed by atoms with Crippen LogP contribution in [-0.2, 0) is 10.0 Å². The highest BCUT2D eigenvalue weighted by Crippen LogP contribution is 2.34. The third kappa shape index (κ3) is 4.03. The van der Waals surface area contributed by atoms with E-state index in [0.29, 0.717) is 12.0 Å². The first-order chi connectivity index (χ1) is 14.3. The van der Waals surface area contributed by atoms with Crippen molar-refractivity contribution in [3.8, 4) is 0 Å². The van der Waals surface area contributed by atoms with Crippen molar-refractivity contribution in [2.45, 2.75) is 24.3 Å². The Kier molecular flexibility index (Phi) is 5.24. The van der Waals surface area contributed by atoms with E-state index < -0.39 is 10.0 Å². The van der Waals surface area contributed by atoms with Crippen molar-refractivity contribution in [1.82, 2.24) is 5.01 Å². The number of aryl methyl sites for hydroxylation is 1. The molecule has 0 spiro atoms. The standard InChI is InChI=1S/C23H21N3O3S/c1-16-7-9-18(10-8-16)22-15-21(17-5-3-2-4-6-17)25-26(22)23(27)19-11-13-20(14-12-19)30(24,28)29/h2-14,22H,15H2,1H3,(H2,24,28,29). The Hall–Kier alpha value is -3.29. The lowest BCUT2D eigenvalue weighted by Gasteiger charge is -2.22. The summed E-state index contributed by atoms with van der Waals surface area (Å²) in [4.78, 5) is 13.2. The second-order valence-electron chi connectivity index (χ2n) is 7.26. The summed E-state index contributed by atoms with van der Waals surface area (Å²) in [7, 11) is -3.82. The van der Waals surface area contributed by atoms with E-state index in [1.165, 1.54) is 29.3 Å². The van der Waals surface area contributed by atoms with Crippen LogP contribution in [0.3, 0.4) is 0 Å². The maximum Gasteiger partial charge on any atom is 0.274 e. The normalized spacial score (nSPS) is 16.4. The molecule has 1 unspecified atom stereocenters. The maximum absolute atomic E-state index is 13.3. The molecule has 30 heavy (non-hydrogen) atoms. The van der Waals surface area contributed by atoms with Crippen molar-refractivity contribution < 1.29 is 13.2 Å². The molecule has 152 valence electrons. The summed E-state index contributed by atoms with van der Waals surface area (Å²) in [5.74, 6) is -0.299. The molecule has 0 aromatic heterocycles. The highest BCUT2D eigenvalue weighted by atomic mass is 32.2. The van der Waals surface area contributed by atoms with Crippen LogP contribution in [0, 0.1) is 6.92 Å². The lowest BCUT2D eigenvalue weighted by Crippen LogP contribution is -2.27. The van der Waals surface area contributed by atoms with E-state index in [-0.39, 0.29) is 16.8 Å². The van der Waals surface area contributed by atoms with Gasteiger partial charge in [0.1, 0.15) is 0 Å². The lowest BCUT2D eigenvalue weighted by atomic mass is 9.97. The fourth-order valence-electron chi connectivity index (χ4n) is 3.47. The van der Waals surface area contributed by atoms with Gasteiger partial charge in [-0.25, -0.2) is 18.6 Å². The van der Waals surface area contributed by atoms with E-state index in [9.17, 15) is 13.2 Å². The fourth-order valence-corrected chi connectivity index (χ4v) is 3.99. The second kappa shape index (κ2) is 7.85. The summed E-state index contributed by atoms with van der Waals surface area (Å²) in [6.07, 6.45) is 0.591. The van der Waals surface area contributed by atoms with Crippen molar-refractivity contribution in [3.63, 3.8) is 0 Å². The highest BCUT2D eigenvalue weighted by Gasteiger charge is 2.33. The Labute approximate surface area is 175 Å². The van der Waals surface area contributed by atoms with E-state index in [2.05, 4.69) is 5.10 Å². The smallest absolute Gasteiger partial charge is 0.267 e. The molecule has 4 rings (SSSR count). The van der Waals surface area contributed by atoms with Crippen molar-refractivity contribution in [1.29, 1.82) is 0 Å². The predicted molar refractivity (Wildman–Crippen MR) is 116 cm³/mol. The average Bonchev–Trinajstić information content (AvgIpc) is 3.19. The minimum absolute atomic E-state index is 0.0379. The number of sulfonamides is 1. The summed E-state index contributed by atoms with van der Waals surface area (Å²) in [5, 5.41) is 11.3. The molecule has 0 saturated carbocycles. The van der Waals surface area contributed by atoms with Gasteiger partial charge in [0.2, 0.25) is 10.0 Å². The molecule has 1 amide bonds. The van der Waals surface area contributed by atoms with Gasteiger partial charge in [0.15, 0.2) is 0 Å². The Morgan fingerprint density at radius 3 is 2.20 bits per heavy atom. The number of hydrogen-bond donors (Lipinski definition) is 1. The molecule has 6 nitrogen and oxygen atoms in total. The lowest BCUT2D eigenvalue weighted by molar-refractivity contribution is 0.0711. The molecule has 0 radical (unpaired) electrons. The van der Waals surface area contributed by atoms with Crippen LogP contribution in [0.2, 0.25) is 0 Å². The predicted octanol–water partition coefficient (Wildman–Crippen LogP) is 3.63. The molecule has 2 N–H and O–H groups in total. The third-order valence-corrected chi connectivity index (χ3v) is 6.05. The van der Waals surface area contributed by atoms with Crippen LogP contribution in [0.5, 0.6) is 0 Å². The topological polar surface area (TPSA) is 92.8 Å². The van der Waals surface area contributed by atoms with Gasteiger partial charge in [-0.1, -0.05) is 60.2 Å². The van der Waals surface area contributed by atoms with Gasteiger partial charge in [-0.05, 0) is 42.3 Å². The molecule has 1 atom stereocenters. The Bertz CT molecular complexity index is 1200. The van der Waals surface area contributed by atoms with E-state index >= 15 is 0 Å². The van der Waals surface area contributed by atoms with Crippen LogP contribution in [-0.4, -0.2) is 25.0 Å². The second-order valence-corrected chi connectivity index (χ2v) is 8.82. The first-order valence-corrected chi connectivity index (χ1v) is 11.0. The number of nitrogens with two attached hydrogens (primary N) is 1. The van der Waals surface area contributed by atoms with Gasteiger partial charge in [0, 0.05) is 12.0 Å². The molecular weight excluding hydrogens is 398 g/mol. The largest absolute Gasteiger partial charge is 0.274 e. The highest BCUT2D eigenvalue weighted by molar-refractivity contribution is 7.89. The van der Waals surface area contributed by atoms with Crippen LogP contribution in [0.15, 0.2) is 88.9 Å². The minimum Gasteiger partial charge on any atom is -0.267 e.